The minimum Gasteiger partial charge on any atom is -0.489 e. The lowest BCUT2D eigenvalue weighted by molar-refractivity contribution is -0.0250. The van der Waals surface area contributed by atoms with E-state index in [0.29, 0.717) is 25.2 Å². The summed E-state index contributed by atoms with van der Waals surface area (Å²) in [5.74, 6) is 0.714. The molecule has 152 valence electrons. The van der Waals surface area contributed by atoms with Crippen molar-refractivity contribution in [2.24, 2.45) is 0 Å². The van der Waals surface area contributed by atoms with Gasteiger partial charge in [-0.1, -0.05) is 55.3 Å². The highest BCUT2D eigenvalue weighted by Crippen LogP contribution is 2.38. The van der Waals surface area contributed by atoms with E-state index in [1.165, 1.54) is 0 Å². The topological polar surface area (TPSA) is 75.6 Å². The predicted molar refractivity (Wildman–Crippen MR) is 111 cm³/mol. The van der Waals surface area contributed by atoms with Crippen molar-refractivity contribution in [3.8, 4) is 5.75 Å². The summed E-state index contributed by atoms with van der Waals surface area (Å²) >= 11 is 0. The van der Waals surface area contributed by atoms with Crippen LogP contribution in [-0.4, -0.2) is 24.8 Å². The SMILES string of the molecule is CC(C)S(=O)(=O)N[C@@H]1CCCC[C@]1(O)c1ccc(OCc2ccccc2)cc1. The van der Waals surface area contributed by atoms with Crippen molar-refractivity contribution in [2.45, 2.75) is 63.0 Å². The third-order valence-electron chi connectivity index (χ3n) is 5.41. The van der Waals surface area contributed by atoms with Gasteiger partial charge in [0.2, 0.25) is 10.0 Å². The fourth-order valence-corrected chi connectivity index (χ4v) is 4.55. The molecule has 0 spiro atoms. The van der Waals surface area contributed by atoms with Crippen molar-refractivity contribution in [1.29, 1.82) is 0 Å². The molecule has 2 aromatic rings. The summed E-state index contributed by atoms with van der Waals surface area (Å²) < 4.78 is 33.2. The monoisotopic (exact) mass is 403 g/mol. The van der Waals surface area contributed by atoms with Gasteiger partial charge in [0.05, 0.1) is 11.3 Å². The van der Waals surface area contributed by atoms with E-state index in [-0.39, 0.29) is 0 Å². The number of rotatable bonds is 7. The molecule has 0 aliphatic heterocycles. The molecule has 1 fully saturated rings. The average molecular weight is 404 g/mol. The molecule has 0 bridgehead atoms. The van der Waals surface area contributed by atoms with Crippen LogP contribution in [0, 0.1) is 0 Å². The molecule has 0 heterocycles. The van der Waals surface area contributed by atoms with Gasteiger partial charge in [0.15, 0.2) is 0 Å². The Morgan fingerprint density at radius 3 is 2.43 bits per heavy atom. The first-order valence-corrected chi connectivity index (χ1v) is 11.4. The number of hydrogen-bond acceptors (Lipinski definition) is 4. The van der Waals surface area contributed by atoms with Gasteiger partial charge in [-0.15, -0.1) is 0 Å². The van der Waals surface area contributed by atoms with Crippen molar-refractivity contribution in [3.63, 3.8) is 0 Å². The zero-order valence-corrected chi connectivity index (χ0v) is 17.3. The molecule has 1 saturated carbocycles. The predicted octanol–water partition coefficient (Wildman–Crippen LogP) is 3.72. The van der Waals surface area contributed by atoms with Gasteiger partial charge in [0.25, 0.3) is 0 Å². The molecule has 0 amide bonds. The lowest BCUT2D eigenvalue weighted by Gasteiger charge is -2.41. The van der Waals surface area contributed by atoms with Crippen molar-refractivity contribution in [3.05, 3.63) is 65.7 Å². The second-order valence-electron chi connectivity index (χ2n) is 7.73. The standard InChI is InChI=1S/C22H29NO4S/c1-17(2)28(25,26)23-21-10-6-7-15-22(21,24)19-11-13-20(14-12-19)27-16-18-8-4-3-5-9-18/h3-5,8-9,11-14,17,21,23-24H,6-7,10,15-16H2,1-2H3/t21-,22+/m1/s1. The Labute approximate surface area is 167 Å². The van der Waals surface area contributed by atoms with E-state index < -0.39 is 26.9 Å². The van der Waals surface area contributed by atoms with E-state index in [1.54, 1.807) is 13.8 Å². The maximum absolute atomic E-state index is 12.3. The van der Waals surface area contributed by atoms with E-state index in [9.17, 15) is 13.5 Å². The van der Waals surface area contributed by atoms with Crippen LogP contribution in [0.1, 0.15) is 50.7 Å². The third-order valence-corrected chi connectivity index (χ3v) is 7.26. The molecule has 1 aliphatic rings. The van der Waals surface area contributed by atoms with Crippen LogP contribution in [0.4, 0.5) is 0 Å². The Morgan fingerprint density at radius 2 is 1.79 bits per heavy atom. The number of ether oxygens (including phenoxy) is 1. The molecule has 1 aliphatic carbocycles. The van der Waals surface area contributed by atoms with Crippen LogP contribution >= 0.6 is 0 Å². The lowest BCUT2D eigenvalue weighted by atomic mass is 9.76. The molecular weight excluding hydrogens is 374 g/mol. The average Bonchev–Trinajstić information content (AvgIpc) is 2.69. The van der Waals surface area contributed by atoms with E-state index in [4.69, 9.17) is 4.74 Å². The van der Waals surface area contributed by atoms with E-state index in [1.807, 2.05) is 54.6 Å². The Kier molecular flexibility index (Phi) is 6.43. The van der Waals surface area contributed by atoms with Crippen LogP contribution in [0.3, 0.4) is 0 Å². The van der Waals surface area contributed by atoms with Gasteiger partial charge in [0.1, 0.15) is 18.0 Å². The molecule has 6 heteroatoms. The summed E-state index contributed by atoms with van der Waals surface area (Å²) in [6, 6.07) is 16.7. The van der Waals surface area contributed by atoms with Gasteiger partial charge in [0, 0.05) is 0 Å². The van der Waals surface area contributed by atoms with Crippen molar-refractivity contribution in [1.82, 2.24) is 4.72 Å². The van der Waals surface area contributed by atoms with Crippen LogP contribution in [0.5, 0.6) is 5.75 Å². The molecule has 28 heavy (non-hydrogen) atoms. The van der Waals surface area contributed by atoms with Gasteiger partial charge in [-0.2, -0.15) is 0 Å². The number of benzene rings is 2. The van der Waals surface area contributed by atoms with Gasteiger partial charge in [-0.25, -0.2) is 13.1 Å². The summed E-state index contributed by atoms with van der Waals surface area (Å²) in [5.41, 5.74) is 0.592. The Hall–Kier alpha value is -1.89. The first-order valence-electron chi connectivity index (χ1n) is 9.82. The first-order chi connectivity index (χ1) is 13.3. The van der Waals surface area contributed by atoms with Crippen LogP contribution < -0.4 is 9.46 Å². The number of nitrogens with one attached hydrogen (secondary N) is 1. The van der Waals surface area contributed by atoms with E-state index >= 15 is 0 Å². The summed E-state index contributed by atoms with van der Waals surface area (Å²) in [7, 11) is -3.46. The molecule has 3 rings (SSSR count). The van der Waals surface area contributed by atoms with E-state index in [2.05, 4.69) is 4.72 Å². The lowest BCUT2D eigenvalue weighted by Crippen LogP contribution is -2.53. The minimum atomic E-state index is -3.46. The molecule has 2 N–H and O–H groups in total. The maximum atomic E-state index is 12.3. The minimum absolute atomic E-state index is 0.473. The highest BCUT2D eigenvalue weighted by Gasteiger charge is 2.42. The van der Waals surface area contributed by atoms with Crippen molar-refractivity contribution < 1.29 is 18.3 Å². The Morgan fingerprint density at radius 1 is 1.11 bits per heavy atom. The maximum Gasteiger partial charge on any atom is 0.214 e. The molecule has 0 aromatic heterocycles. The largest absolute Gasteiger partial charge is 0.489 e. The molecule has 5 nitrogen and oxygen atoms in total. The van der Waals surface area contributed by atoms with Gasteiger partial charge >= 0.3 is 0 Å². The summed E-state index contributed by atoms with van der Waals surface area (Å²) in [6.45, 7) is 3.76. The second-order valence-corrected chi connectivity index (χ2v) is 10.0. The van der Waals surface area contributed by atoms with Crippen molar-refractivity contribution in [2.75, 3.05) is 0 Å². The zero-order chi connectivity index (χ0) is 20.2. The fraction of sp³-hybridized carbons (Fsp3) is 0.455. The third kappa shape index (κ3) is 4.74. The fourth-order valence-electron chi connectivity index (χ4n) is 3.57. The van der Waals surface area contributed by atoms with Crippen LogP contribution in [-0.2, 0) is 22.2 Å². The highest BCUT2D eigenvalue weighted by molar-refractivity contribution is 7.90. The highest BCUT2D eigenvalue weighted by atomic mass is 32.2. The summed E-state index contributed by atoms with van der Waals surface area (Å²) in [4.78, 5) is 0. The van der Waals surface area contributed by atoms with E-state index in [0.717, 1.165) is 24.0 Å². The molecule has 2 aromatic carbocycles. The van der Waals surface area contributed by atoms with Gasteiger partial charge in [-0.05, 0) is 49.9 Å². The smallest absolute Gasteiger partial charge is 0.214 e. The van der Waals surface area contributed by atoms with Crippen LogP contribution in [0.2, 0.25) is 0 Å². The van der Waals surface area contributed by atoms with Gasteiger partial charge < -0.3 is 9.84 Å². The number of sulfonamides is 1. The normalized spacial score (nSPS) is 22.9. The molecular formula is C22H29NO4S. The summed E-state index contributed by atoms with van der Waals surface area (Å²) in [5, 5.41) is 10.8. The Bertz CT molecular complexity index is 865. The Balaban J connectivity index is 1.74. The number of hydrogen-bond donors (Lipinski definition) is 2. The molecule has 2 atom stereocenters. The van der Waals surface area contributed by atoms with Crippen molar-refractivity contribution >= 4 is 10.0 Å². The molecule has 0 unspecified atom stereocenters. The zero-order valence-electron chi connectivity index (χ0n) is 16.5. The molecule has 0 saturated heterocycles. The summed E-state index contributed by atoms with van der Waals surface area (Å²) in [6.07, 6.45) is 2.91. The first kappa shape index (κ1) is 20.8. The molecule has 0 radical (unpaired) electrons. The van der Waals surface area contributed by atoms with Gasteiger partial charge in [-0.3, -0.25) is 0 Å². The number of aliphatic hydroxyl groups is 1. The second kappa shape index (κ2) is 8.64. The van der Waals surface area contributed by atoms with Crippen LogP contribution in [0.25, 0.3) is 0 Å². The quantitative estimate of drug-likeness (QED) is 0.739. The van der Waals surface area contributed by atoms with Crippen LogP contribution in [0.15, 0.2) is 54.6 Å².